The van der Waals surface area contributed by atoms with E-state index in [1.54, 1.807) is 61.7 Å². The van der Waals surface area contributed by atoms with Crippen LogP contribution >= 0.6 is 0 Å². The molecule has 0 unspecified atom stereocenters. The number of nitrogens with one attached hydrogen (secondary N) is 6. The largest absolute Gasteiger partial charge is 0.506 e. The van der Waals surface area contributed by atoms with Crippen LogP contribution in [0.25, 0.3) is 43.4 Å². The molecule has 13 nitrogen and oxygen atoms in total. The van der Waals surface area contributed by atoms with E-state index in [0.29, 0.717) is 28.5 Å². The van der Waals surface area contributed by atoms with Crippen LogP contribution in [-0.4, -0.2) is 40.5 Å². The van der Waals surface area contributed by atoms with Crippen LogP contribution in [0.2, 0.25) is 0 Å². The molecule has 0 spiro atoms. The first-order valence-electron chi connectivity index (χ1n) is 23.0. The number of phenols is 3. The first-order valence-corrected chi connectivity index (χ1v) is 23.0. The molecule has 0 saturated carbocycles. The minimum absolute atomic E-state index is 0.00685. The smallest absolute Gasteiger partial charge is 0.416 e. The van der Waals surface area contributed by atoms with Crippen molar-refractivity contribution in [1.29, 1.82) is 0 Å². The number of ether oxygens (including phenoxy) is 1. The van der Waals surface area contributed by atoms with Gasteiger partial charge in [-0.05, 0) is 123 Å². The number of alkyl halides is 3. The second-order valence-electron chi connectivity index (χ2n) is 16.6. The maximum atomic E-state index is 12.7. The van der Waals surface area contributed by atoms with Crippen molar-refractivity contribution in [1.82, 2.24) is 0 Å². The molecular weight excluding hydrogens is 962 g/mol. The van der Waals surface area contributed by atoms with Gasteiger partial charge in [0.2, 0.25) is 0 Å². The quantitative estimate of drug-likeness (QED) is 0.0676. The highest BCUT2D eigenvalue weighted by Crippen LogP contribution is 2.34. The van der Waals surface area contributed by atoms with E-state index in [1.807, 2.05) is 127 Å². The number of aromatic hydroxyl groups is 3. The van der Waals surface area contributed by atoms with Gasteiger partial charge >= 0.3 is 24.3 Å². The van der Waals surface area contributed by atoms with Gasteiger partial charge in [-0.15, -0.1) is 0 Å². The summed E-state index contributed by atoms with van der Waals surface area (Å²) in [5.41, 5.74) is 3.27. The first-order chi connectivity index (χ1) is 36.2. The van der Waals surface area contributed by atoms with E-state index in [9.17, 15) is 42.9 Å². The second-order valence-corrected chi connectivity index (χ2v) is 16.6. The summed E-state index contributed by atoms with van der Waals surface area (Å²) < 4.78 is 43.1. The molecule has 75 heavy (non-hydrogen) atoms. The van der Waals surface area contributed by atoms with E-state index in [2.05, 4.69) is 31.9 Å². The number of phenolic OH excluding ortho intramolecular Hbond substituents is 3. The molecule has 6 amide bonds. The van der Waals surface area contributed by atoms with Crippen LogP contribution < -0.4 is 36.6 Å². The number of rotatable bonds is 8. The summed E-state index contributed by atoms with van der Waals surface area (Å²) in [7, 11) is 1.58. The van der Waals surface area contributed by atoms with Gasteiger partial charge < -0.3 is 52.0 Å². The number of amides is 6. The van der Waals surface area contributed by atoms with Gasteiger partial charge in [-0.25, -0.2) is 14.4 Å². The summed E-state index contributed by atoms with van der Waals surface area (Å²) in [5.74, 6) is 0.620. The summed E-state index contributed by atoms with van der Waals surface area (Å²) in [6.45, 7) is 0. The van der Waals surface area contributed by atoms with Crippen LogP contribution in [0.15, 0.2) is 212 Å². The minimum atomic E-state index is -4.50. The number of halogens is 3. The Morgan fingerprint density at radius 1 is 0.387 bits per heavy atom. The Kier molecular flexibility index (Phi) is 15.9. The summed E-state index contributed by atoms with van der Waals surface area (Å²) in [6.07, 6.45) is -4.50. The fraction of sp³-hybridized carbons (Fsp3) is 0.0339. The predicted octanol–water partition coefficient (Wildman–Crippen LogP) is 15.3. The molecule has 9 N–H and O–H groups in total. The fourth-order valence-electron chi connectivity index (χ4n) is 7.74. The zero-order valence-corrected chi connectivity index (χ0v) is 39.8. The average molecular weight is 1010 g/mol. The normalized spacial score (nSPS) is 10.7. The van der Waals surface area contributed by atoms with Crippen LogP contribution in [-0.2, 0) is 6.18 Å². The van der Waals surface area contributed by atoms with Crippen LogP contribution in [0.5, 0.6) is 23.0 Å². The van der Waals surface area contributed by atoms with Gasteiger partial charge in [-0.3, -0.25) is 0 Å². The topological polar surface area (TPSA) is 193 Å². The van der Waals surface area contributed by atoms with Crippen molar-refractivity contribution in [2.75, 3.05) is 39.0 Å². The third kappa shape index (κ3) is 13.6. The third-order valence-corrected chi connectivity index (χ3v) is 11.4. The second kappa shape index (κ2) is 23.3. The highest BCUT2D eigenvalue weighted by atomic mass is 19.4. The molecule has 10 aromatic carbocycles. The Bertz CT molecular complexity index is 3650. The first kappa shape index (κ1) is 51.1. The number of methoxy groups -OCH3 is 1. The van der Waals surface area contributed by atoms with E-state index < -0.39 is 29.8 Å². The Hall–Kier alpha value is -10.2. The molecular formula is C59H47F3N6O7. The molecule has 0 saturated heterocycles. The van der Waals surface area contributed by atoms with Crippen molar-refractivity contribution >= 4 is 84.5 Å². The molecule has 0 aromatic heterocycles. The minimum Gasteiger partial charge on any atom is -0.506 e. The van der Waals surface area contributed by atoms with Gasteiger partial charge in [-0.2, -0.15) is 13.2 Å². The number of benzene rings is 10. The highest BCUT2D eigenvalue weighted by molar-refractivity contribution is 6.06. The standard InChI is InChI=1S/C23H18N2O2.C18H13F3N2O2.C18H16N2O3/c26-22-15-18-11-5-4-10-17(18)14-21(22)25-23(27)24-20-13-7-6-12-19(20)16-8-2-1-3-9-16;19-18(20,21)13-6-3-7-14(10-13)22-17(25)23-15-8-11-4-1-2-5-12(11)9-16(15)24;1-23-15-8-6-14(7-9-15)19-18(22)20-16-10-12-4-2-3-5-13(12)11-17(16)21/h1-15,26H,(H2,24,25,27);1-10,24H,(H2,22,23,25);2-11,21H,1H3,(H2,19,20,22). The summed E-state index contributed by atoms with van der Waals surface area (Å²) in [6, 6.07) is 59.5. The van der Waals surface area contributed by atoms with E-state index in [-0.39, 0.29) is 28.6 Å². The van der Waals surface area contributed by atoms with Gasteiger partial charge in [0.25, 0.3) is 0 Å². The van der Waals surface area contributed by atoms with Crippen molar-refractivity contribution in [3.63, 3.8) is 0 Å². The maximum absolute atomic E-state index is 12.7. The molecule has 0 radical (unpaired) electrons. The molecule has 10 aromatic rings. The molecule has 0 fully saturated rings. The van der Waals surface area contributed by atoms with Crippen LogP contribution in [0.3, 0.4) is 0 Å². The molecule has 16 heteroatoms. The van der Waals surface area contributed by atoms with Crippen LogP contribution in [0.4, 0.5) is 61.7 Å². The Labute approximate surface area is 427 Å². The molecule has 10 rings (SSSR count). The summed E-state index contributed by atoms with van der Waals surface area (Å²) in [4.78, 5) is 36.6. The number of hydrogen-bond donors (Lipinski definition) is 9. The lowest BCUT2D eigenvalue weighted by molar-refractivity contribution is -0.137. The molecule has 376 valence electrons. The van der Waals surface area contributed by atoms with E-state index in [4.69, 9.17) is 4.74 Å². The Morgan fingerprint density at radius 2 is 0.773 bits per heavy atom. The number of carbonyl (C=O) groups excluding carboxylic acids is 3. The fourth-order valence-corrected chi connectivity index (χ4v) is 7.74. The Morgan fingerprint density at radius 3 is 1.23 bits per heavy atom. The number of para-hydroxylation sites is 1. The number of carbonyl (C=O) groups is 3. The summed E-state index contributed by atoms with van der Waals surface area (Å²) in [5, 5.41) is 51.2. The van der Waals surface area contributed by atoms with Crippen LogP contribution in [0, 0.1) is 0 Å². The van der Waals surface area contributed by atoms with Crippen molar-refractivity contribution < 1.29 is 47.6 Å². The van der Waals surface area contributed by atoms with Gasteiger partial charge in [0.15, 0.2) is 0 Å². The third-order valence-electron chi connectivity index (χ3n) is 11.4. The molecule has 0 heterocycles. The van der Waals surface area contributed by atoms with E-state index in [1.165, 1.54) is 18.2 Å². The molecule has 0 bridgehead atoms. The Balaban J connectivity index is 0.000000150. The van der Waals surface area contributed by atoms with Crippen molar-refractivity contribution in [3.05, 3.63) is 218 Å². The van der Waals surface area contributed by atoms with Gasteiger partial charge in [0, 0.05) is 16.9 Å². The average Bonchev–Trinajstić information content (AvgIpc) is 3.40. The number of fused-ring (bicyclic) bond motifs is 3. The van der Waals surface area contributed by atoms with E-state index >= 15 is 0 Å². The van der Waals surface area contributed by atoms with Gasteiger partial charge in [0.05, 0.1) is 35.4 Å². The maximum Gasteiger partial charge on any atom is 0.416 e. The number of hydrogen-bond acceptors (Lipinski definition) is 7. The zero-order chi connectivity index (χ0) is 52.9. The molecule has 0 atom stereocenters. The molecule has 0 aliphatic carbocycles. The highest BCUT2D eigenvalue weighted by Gasteiger charge is 2.30. The number of urea groups is 3. The van der Waals surface area contributed by atoms with E-state index in [0.717, 1.165) is 55.6 Å². The lowest BCUT2D eigenvalue weighted by Gasteiger charge is -2.13. The number of anilines is 6. The SMILES string of the molecule is COc1ccc(NC(=O)Nc2cc3ccccc3cc2O)cc1.O=C(Nc1cc2ccccc2cc1O)Nc1ccccc1-c1ccccc1.O=C(Nc1cccc(C(F)(F)F)c1)Nc1cc2ccccc2cc1O. The van der Waals surface area contributed by atoms with Gasteiger partial charge in [-0.1, -0.05) is 127 Å². The molecule has 0 aliphatic heterocycles. The summed E-state index contributed by atoms with van der Waals surface area (Å²) >= 11 is 0. The zero-order valence-electron chi connectivity index (χ0n) is 39.8. The lowest BCUT2D eigenvalue weighted by atomic mass is 10.0. The van der Waals surface area contributed by atoms with Gasteiger partial charge in [0.1, 0.15) is 23.0 Å². The van der Waals surface area contributed by atoms with Crippen molar-refractivity contribution in [3.8, 4) is 34.1 Å². The monoisotopic (exact) mass is 1010 g/mol. The predicted molar refractivity (Wildman–Crippen MR) is 291 cm³/mol. The molecule has 0 aliphatic rings. The lowest BCUT2D eigenvalue weighted by Crippen LogP contribution is -2.19. The van der Waals surface area contributed by atoms with Crippen molar-refractivity contribution in [2.24, 2.45) is 0 Å². The van der Waals surface area contributed by atoms with Crippen LogP contribution in [0.1, 0.15) is 5.56 Å². The van der Waals surface area contributed by atoms with Crippen molar-refractivity contribution in [2.45, 2.75) is 6.18 Å².